The Bertz CT molecular complexity index is 417. The molecule has 0 atom stereocenters. The van der Waals surface area contributed by atoms with Crippen LogP contribution in [0.15, 0.2) is 18.2 Å². The van der Waals surface area contributed by atoms with Gasteiger partial charge in [0, 0.05) is 0 Å². The summed E-state index contributed by atoms with van der Waals surface area (Å²) in [6.07, 6.45) is 0.578. The van der Waals surface area contributed by atoms with Crippen LogP contribution in [0.5, 0.6) is 0 Å². The van der Waals surface area contributed by atoms with Gasteiger partial charge in [0.05, 0.1) is 5.41 Å². The molecule has 0 amide bonds. The van der Waals surface area contributed by atoms with Gasteiger partial charge in [-0.3, -0.25) is 4.79 Å². The van der Waals surface area contributed by atoms with E-state index in [1.54, 1.807) is 13.8 Å². The first kappa shape index (κ1) is 13.8. The first-order valence-corrected chi connectivity index (χ1v) is 6.07. The van der Waals surface area contributed by atoms with Crippen LogP contribution >= 0.6 is 0 Å². The largest absolute Gasteiger partial charge is 0.481 e. The monoisotopic (exact) mass is 234 g/mol. The van der Waals surface area contributed by atoms with Gasteiger partial charge >= 0.3 is 5.97 Å². The summed E-state index contributed by atoms with van der Waals surface area (Å²) >= 11 is 0. The highest BCUT2D eigenvalue weighted by Crippen LogP contribution is 2.26. The highest BCUT2D eigenvalue weighted by Gasteiger charge is 2.28. The van der Waals surface area contributed by atoms with Gasteiger partial charge < -0.3 is 5.11 Å². The fraction of sp³-hybridized carbons (Fsp3) is 0.533. The lowest BCUT2D eigenvalue weighted by atomic mass is 9.83. The van der Waals surface area contributed by atoms with Crippen molar-refractivity contribution in [3.8, 4) is 0 Å². The van der Waals surface area contributed by atoms with Crippen molar-refractivity contribution in [3.63, 3.8) is 0 Å². The molecule has 0 aliphatic rings. The van der Waals surface area contributed by atoms with Crippen LogP contribution < -0.4 is 0 Å². The van der Waals surface area contributed by atoms with Crippen LogP contribution in [0.25, 0.3) is 0 Å². The van der Waals surface area contributed by atoms with Crippen molar-refractivity contribution in [1.82, 2.24) is 0 Å². The van der Waals surface area contributed by atoms with Gasteiger partial charge in [-0.2, -0.15) is 0 Å². The molecule has 1 aromatic carbocycles. The van der Waals surface area contributed by atoms with E-state index in [9.17, 15) is 9.90 Å². The minimum atomic E-state index is -0.744. The molecule has 0 fully saturated rings. The Labute approximate surface area is 104 Å². The van der Waals surface area contributed by atoms with Gasteiger partial charge in [0.1, 0.15) is 0 Å². The molecule has 2 heteroatoms. The molecule has 0 saturated heterocycles. The molecule has 0 heterocycles. The van der Waals surface area contributed by atoms with Crippen molar-refractivity contribution in [2.45, 2.75) is 47.0 Å². The molecule has 94 valence electrons. The molecule has 17 heavy (non-hydrogen) atoms. The third-order valence-corrected chi connectivity index (χ3v) is 3.25. The smallest absolute Gasteiger partial charge is 0.309 e. The van der Waals surface area contributed by atoms with E-state index in [0.29, 0.717) is 12.3 Å². The van der Waals surface area contributed by atoms with E-state index < -0.39 is 11.4 Å². The summed E-state index contributed by atoms with van der Waals surface area (Å²) in [5.41, 5.74) is 2.87. The van der Waals surface area contributed by atoms with Gasteiger partial charge in [-0.1, -0.05) is 32.0 Å². The minimum Gasteiger partial charge on any atom is -0.481 e. The second kappa shape index (κ2) is 4.91. The molecule has 0 unspecified atom stereocenters. The van der Waals surface area contributed by atoms with Crippen molar-refractivity contribution < 1.29 is 9.90 Å². The van der Waals surface area contributed by atoms with E-state index in [4.69, 9.17) is 0 Å². The highest BCUT2D eigenvalue weighted by molar-refractivity contribution is 5.74. The van der Waals surface area contributed by atoms with Crippen LogP contribution in [-0.4, -0.2) is 11.1 Å². The van der Waals surface area contributed by atoms with Crippen LogP contribution in [-0.2, 0) is 11.2 Å². The van der Waals surface area contributed by atoms with Gasteiger partial charge in [0.25, 0.3) is 0 Å². The SMILES string of the molecule is Cc1ccc(C(C)C)cc1CC(C)(C)C(=O)O. The summed E-state index contributed by atoms with van der Waals surface area (Å²) in [4.78, 5) is 11.2. The lowest BCUT2D eigenvalue weighted by Gasteiger charge is -2.21. The summed E-state index contributed by atoms with van der Waals surface area (Å²) in [6, 6.07) is 6.35. The number of hydrogen-bond acceptors (Lipinski definition) is 1. The van der Waals surface area contributed by atoms with Crippen molar-refractivity contribution in [3.05, 3.63) is 34.9 Å². The van der Waals surface area contributed by atoms with E-state index in [1.807, 2.05) is 6.92 Å². The number of hydrogen-bond donors (Lipinski definition) is 1. The molecule has 0 spiro atoms. The van der Waals surface area contributed by atoms with Crippen molar-refractivity contribution in [1.29, 1.82) is 0 Å². The summed E-state index contributed by atoms with van der Waals surface area (Å²) in [5.74, 6) is -0.269. The van der Waals surface area contributed by atoms with Crippen LogP contribution in [0.2, 0.25) is 0 Å². The van der Waals surface area contributed by atoms with Crippen LogP contribution in [0.4, 0.5) is 0 Å². The lowest BCUT2D eigenvalue weighted by molar-refractivity contribution is -0.146. The molecule has 0 saturated carbocycles. The summed E-state index contributed by atoms with van der Waals surface area (Å²) in [5, 5.41) is 9.17. The molecule has 0 aliphatic carbocycles. The molecule has 1 rings (SSSR count). The fourth-order valence-electron chi connectivity index (χ4n) is 1.79. The number of aliphatic carboxylic acids is 1. The average molecular weight is 234 g/mol. The normalized spacial score (nSPS) is 11.9. The molecule has 0 aromatic heterocycles. The predicted molar refractivity (Wildman–Crippen MR) is 70.4 cm³/mol. The van der Waals surface area contributed by atoms with Gasteiger partial charge in [-0.25, -0.2) is 0 Å². The van der Waals surface area contributed by atoms with Gasteiger partial charge in [-0.05, 0) is 49.8 Å². The maximum atomic E-state index is 11.2. The van der Waals surface area contributed by atoms with Crippen molar-refractivity contribution in [2.75, 3.05) is 0 Å². The van der Waals surface area contributed by atoms with Gasteiger partial charge in [0.15, 0.2) is 0 Å². The maximum absolute atomic E-state index is 11.2. The first-order valence-electron chi connectivity index (χ1n) is 6.07. The van der Waals surface area contributed by atoms with Crippen molar-refractivity contribution in [2.24, 2.45) is 5.41 Å². The third-order valence-electron chi connectivity index (χ3n) is 3.25. The number of benzene rings is 1. The highest BCUT2D eigenvalue weighted by atomic mass is 16.4. The van der Waals surface area contributed by atoms with Gasteiger partial charge in [0.2, 0.25) is 0 Å². The zero-order valence-corrected chi connectivity index (χ0v) is 11.4. The lowest BCUT2D eigenvalue weighted by Crippen LogP contribution is -2.26. The predicted octanol–water partition coefficient (Wildman–Crippen LogP) is 3.77. The zero-order chi connectivity index (χ0) is 13.2. The average Bonchev–Trinajstić information content (AvgIpc) is 2.20. The second-order valence-electron chi connectivity index (χ2n) is 5.71. The molecule has 1 aromatic rings. The van der Waals surface area contributed by atoms with E-state index in [2.05, 4.69) is 32.0 Å². The maximum Gasteiger partial charge on any atom is 0.309 e. The quantitative estimate of drug-likeness (QED) is 0.861. The number of aryl methyl sites for hydroxylation is 1. The Balaban J connectivity index is 3.05. The van der Waals surface area contributed by atoms with E-state index in [-0.39, 0.29) is 0 Å². The minimum absolute atomic E-state index is 0.474. The number of carboxylic acids is 1. The second-order valence-corrected chi connectivity index (χ2v) is 5.71. The zero-order valence-electron chi connectivity index (χ0n) is 11.4. The third kappa shape index (κ3) is 3.32. The molecular weight excluding hydrogens is 212 g/mol. The number of carbonyl (C=O) groups is 1. The molecule has 0 bridgehead atoms. The topological polar surface area (TPSA) is 37.3 Å². The number of carboxylic acid groups (broad SMARTS) is 1. The molecular formula is C15H22O2. The molecule has 2 nitrogen and oxygen atoms in total. The fourth-order valence-corrected chi connectivity index (χ4v) is 1.79. The number of rotatable bonds is 4. The van der Waals surface area contributed by atoms with E-state index in [0.717, 1.165) is 5.56 Å². The Morgan fingerprint density at radius 2 is 1.94 bits per heavy atom. The van der Waals surface area contributed by atoms with Crippen LogP contribution in [0.3, 0.4) is 0 Å². The van der Waals surface area contributed by atoms with Gasteiger partial charge in [-0.15, -0.1) is 0 Å². The van der Waals surface area contributed by atoms with Crippen LogP contribution in [0.1, 0.15) is 50.3 Å². The van der Waals surface area contributed by atoms with Crippen LogP contribution in [0, 0.1) is 12.3 Å². The standard InChI is InChI=1S/C15H22O2/c1-10(2)12-7-6-11(3)13(8-12)9-15(4,5)14(16)17/h6-8,10H,9H2,1-5H3,(H,16,17). The Morgan fingerprint density at radius 1 is 1.35 bits per heavy atom. The molecule has 0 radical (unpaired) electrons. The molecule has 0 aliphatic heterocycles. The first-order chi connectivity index (χ1) is 7.74. The van der Waals surface area contributed by atoms with Crippen molar-refractivity contribution >= 4 is 5.97 Å². The Kier molecular flexibility index (Phi) is 3.97. The Morgan fingerprint density at radius 3 is 2.41 bits per heavy atom. The summed E-state index contributed by atoms with van der Waals surface area (Å²) in [6.45, 7) is 9.89. The Hall–Kier alpha value is -1.31. The van der Waals surface area contributed by atoms with E-state index >= 15 is 0 Å². The summed E-state index contributed by atoms with van der Waals surface area (Å²) in [7, 11) is 0. The van der Waals surface area contributed by atoms with E-state index in [1.165, 1.54) is 11.1 Å². The molecule has 1 N–H and O–H groups in total. The summed E-state index contributed by atoms with van der Waals surface area (Å²) < 4.78 is 0.